The van der Waals surface area contributed by atoms with Gasteiger partial charge in [-0.25, -0.2) is 0 Å². The molecule has 0 radical (unpaired) electrons. The molecule has 2 aromatic carbocycles. The second-order valence-electron chi connectivity index (χ2n) is 6.41. The molecule has 1 amide bonds. The van der Waals surface area contributed by atoms with Crippen LogP contribution in [0, 0.1) is 17.0 Å². The molecule has 12 heteroatoms. The van der Waals surface area contributed by atoms with Gasteiger partial charge in [-0.1, -0.05) is 11.8 Å². The number of nitrogens with zero attached hydrogens (tertiary/aromatic N) is 3. The van der Waals surface area contributed by atoms with E-state index in [0.717, 1.165) is 11.8 Å². The highest BCUT2D eigenvalue weighted by molar-refractivity contribution is 7.99. The molecule has 3 rings (SSSR count). The fourth-order valence-electron chi connectivity index (χ4n) is 2.74. The fourth-order valence-corrected chi connectivity index (χ4v) is 3.31. The predicted octanol–water partition coefficient (Wildman–Crippen LogP) is 3.71. The van der Waals surface area contributed by atoms with Crippen molar-refractivity contribution in [2.45, 2.75) is 12.1 Å². The van der Waals surface area contributed by atoms with Crippen LogP contribution in [0.1, 0.15) is 5.56 Å². The Morgan fingerprint density at radius 1 is 1.09 bits per heavy atom. The second kappa shape index (κ2) is 10.0. The first-order valence-corrected chi connectivity index (χ1v) is 10.2. The van der Waals surface area contributed by atoms with E-state index < -0.39 is 4.92 Å². The van der Waals surface area contributed by atoms with Gasteiger partial charge in [0.05, 0.1) is 32.0 Å². The normalized spacial score (nSPS) is 10.5. The summed E-state index contributed by atoms with van der Waals surface area (Å²) >= 11 is 1.05. The Balaban J connectivity index is 1.67. The Hall–Kier alpha value is -3.80. The zero-order chi connectivity index (χ0) is 23.3. The standard InChI is InChI=1S/C20H20N4O7S/c1-11-5-16(24(26)27)17(30-4)9-15(11)21-18(25)10-32-20-23-22-19(31-20)12-6-13(28-2)8-14(7-12)29-3/h5-9H,10H2,1-4H3,(H,21,25). The molecule has 1 aromatic heterocycles. The molecule has 1 heterocycles. The van der Waals surface area contributed by atoms with Crippen molar-refractivity contribution in [3.8, 4) is 28.7 Å². The van der Waals surface area contributed by atoms with Gasteiger partial charge >= 0.3 is 5.69 Å². The van der Waals surface area contributed by atoms with Gasteiger partial charge in [-0.05, 0) is 24.6 Å². The first-order valence-electron chi connectivity index (χ1n) is 9.17. The number of ether oxygens (including phenoxy) is 3. The van der Waals surface area contributed by atoms with Crippen LogP contribution in [0.25, 0.3) is 11.5 Å². The average Bonchev–Trinajstić information content (AvgIpc) is 3.27. The van der Waals surface area contributed by atoms with Crippen LogP contribution in [0.4, 0.5) is 11.4 Å². The molecule has 0 spiro atoms. The van der Waals surface area contributed by atoms with Gasteiger partial charge in [-0.2, -0.15) is 0 Å². The molecule has 0 aliphatic rings. The average molecular weight is 460 g/mol. The van der Waals surface area contributed by atoms with E-state index in [0.29, 0.717) is 28.3 Å². The van der Waals surface area contributed by atoms with E-state index in [4.69, 9.17) is 18.6 Å². The summed E-state index contributed by atoms with van der Waals surface area (Å²) in [5.74, 6) is 1.08. The van der Waals surface area contributed by atoms with Crippen molar-refractivity contribution in [2.75, 3.05) is 32.4 Å². The Morgan fingerprint density at radius 2 is 1.78 bits per heavy atom. The summed E-state index contributed by atoms with van der Waals surface area (Å²) in [5.41, 5.74) is 1.37. The molecule has 0 atom stereocenters. The van der Waals surface area contributed by atoms with Gasteiger partial charge < -0.3 is 23.9 Å². The molecule has 0 bridgehead atoms. The summed E-state index contributed by atoms with van der Waals surface area (Å²) in [5, 5.41) is 22.0. The Labute approximate surface area is 187 Å². The summed E-state index contributed by atoms with van der Waals surface area (Å²) in [7, 11) is 4.40. The van der Waals surface area contributed by atoms with Gasteiger partial charge in [0.2, 0.25) is 11.8 Å². The number of aryl methyl sites for hydroxylation is 1. The maximum absolute atomic E-state index is 12.4. The molecule has 3 aromatic rings. The van der Waals surface area contributed by atoms with E-state index in [9.17, 15) is 14.9 Å². The highest BCUT2D eigenvalue weighted by atomic mass is 32.2. The molecular weight excluding hydrogens is 440 g/mol. The van der Waals surface area contributed by atoms with Crippen LogP contribution in [0.5, 0.6) is 17.2 Å². The largest absolute Gasteiger partial charge is 0.497 e. The van der Waals surface area contributed by atoms with Gasteiger partial charge in [0.15, 0.2) is 5.75 Å². The molecule has 0 aliphatic heterocycles. The molecule has 11 nitrogen and oxygen atoms in total. The third-order valence-electron chi connectivity index (χ3n) is 4.33. The number of nitrogens with one attached hydrogen (secondary N) is 1. The highest BCUT2D eigenvalue weighted by Crippen LogP contribution is 2.33. The first-order chi connectivity index (χ1) is 15.3. The predicted molar refractivity (Wildman–Crippen MR) is 117 cm³/mol. The number of rotatable bonds is 9. The number of amides is 1. The molecule has 1 N–H and O–H groups in total. The van der Waals surface area contributed by atoms with Crippen molar-refractivity contribution in [1.82, 2.24) is 10.2 Å². The van der Waals surface area contributed by atoms with Crippen molar-refractivity contribution in [3.63, 3.8) is 0 Å². The Morgan fingerprint density at radius 3 is 2.38 bits per heavy atom. The minimum absolute atomic E-state index is 0.0121. The number of thioether (sulfide) groups is 1. The molecule has 0 fully saturated rings. The number of carbonyl (C=O) groups excluding carboxylic acids is 1. The molecule has 0 saturated heterocycles. The number of anilines is 1. The van der Waals surface area contributed by atoms with E-state index in [1.165, 1.54) is 33.5 Å². The summed E-state index contributed by atoms with van der Waals surface area (Å²) in [6.45, 7) is 1.65. The molecule has 0 aliphatic carbocycles. The zero-order valence-corrected chi connectivity index (χ0v) is 18.5. The molecule has 168 valence electrons. The van der Waals surface area contributed by atoms with Gasteiger partial charge in [-0.3, -0.25) is 14.9 Å². The van der Waals surface area contributed by atoms with Crippen LogP contribution in [0.15, 0.2) is 40.0 Å². The maximum atomic E-state index is 12.4. The summed E-state index contributed by atoms with van der Waals surface area (Å²) in [4.78, 5) is 22.9. The van der Waals surface area contributed by atoms with Crippen LogP contribution in [-0.2, 0) is 4.79 Å². The van der Waals surface area contributed by atoms with Crippen LogP contribution < -0.4 is 19.5 Å². The maximum Gasteiger partial charge on any atom is 0.311 e. The fraction of sp³-hybridized carbons (Fsp3) is 0.250. The molecular formula is C20H20N4O7S. The second-order valence-corrected chi connectivity index (χ2v) is 7.33. The van der Waals surface area contributed by atoms with Gasteiger partial charge in [0, 0.05) is 29.4 Å². The highest BCUT2D eigenvalue weighted by Gasteiger charge is 2.19. The minimum atomic E-state index is -0.543. The zero-order valence-electron chi connectivity index (χ0n) is 17.7. The number of carbonyl (C=O) groups is 1. The lowest BCUT2D eigenvalue weighted by Gasteiger charge is -2.10. The molecule has 0 saturated carbocycles. The van der Waals surface area contributed by atoms with Gasteiger partial charge in [0.25, 0.3) is 5.22 Å². The smallest absolute Gasteiger partial charge is 0.311 e. The number of aromatic nitrogens is 2. The van der Waals surface area contributed by atoms with Crippen molar-refractivity contribution in [1.29, 1.82) is 0 Å². The van der Waals surface area contributed by atoms with E-state index in [2.05, 4.69) is 15.5 Å². The first kappa shape index (κ1) is 22.9. The van der Waals surface area contributed by atoms with E-state index >= 15 is 0 Å². The van der Waals surface area contributed by atoms with Gasteiger partial charge in [-0.15, -0.1) is 10.2 Å². The van der Waals surface area contributed by atoms with E-state index in [1.807, 2.05) is 0 Å². The van der Waals surface area contributed by atoms with Crippen LogP contribution in [-0.4, -0.2) is 48.1 Å². The lowest BCUT2D eigenvalue weighted by molar-refractivity contribution is -0.385. The number of methoxy groups -OCH3 is 3. The van der Waals surface area contributed by atoms with E-state index in [1.54, 1.807) is 25.1 Å². The van der Waals surface area contributed by atoms with Crippen LogP contribution in [0.2, 0.25) is 0 Å². The van der Waals surface area contributed by atoms with Crippen molar-refractivity contribution in [3.05, 3.63) is 46.0 Å². The third-order valence-corrected chi connectivity index (χ3v) is 5.15. The molecule has 32 heavy (non-hydrogen) atoms. The quantitative estimate of drug-likeness (QED) is 0.285. The number of nitro groups is 1. The third kappa shape index (κ3) is 5.27. The van der Waals surface area contributed by atoms with E-state index in [-0.39, 0.29) is 34.2 Å². The van der Waals surface area contributed by atoms with Crippen LogP contribution >= 0.6 is 11.8 Å². The van der Waals surface area contributed by atoms with Gasteiger partial charge in [0.1, 0.15) is 11.5 Å². The lowest BCUT2D eigenvalue weighted by atomic mass is 10.1. The minimum Gasteiger partial charge on any atom is -0.497 e. The Bertz CT molecular complexity index is 1130. The summed E-state index contributed by atoms with van der Waals surface area (Å²) < 4.78 is 21.1. The van der Waals surface area contributed by atoms with Crippen molar-refractivity contribution >= 4 is 29.0 Å². The molecule has 0 unspecified atom stereocenters. The Kier molecular flexibility index (Phi) is 7.15. The summed E-state index contributed by atoms with van der Waals surface area (Å²) in [6.07, 6.45) is 0. The topological polar surface area (TPSA) is 139 Å². The summed E-state index contributed by atoms with van der Waals surface area (Å²) in [6, 6.07) is 7.92. The van der Waals surface area contributed by atoms with Crippen molar-refractivity contribution in [2.24, 2.45) is 0 Å². The van der Waals surface area contributed by atoms with Crippen LogP contribution in [0.3, 0.4) is 0 Å². The number of hydrogen-bond donors (Lipinski definition) is 1. The number of hydrogen-bond acceptors (Lipinski definition) is 10. The lowest BCUT2D eigenvalue weighted by Crippen LogP contribution is -2.15. The number of benzene rings is 2. The SMILES string of the molecule is COc1cc(OC)cc(-c2nnc(SCC(=O)Nc3cc(OC)c([N+](=O)[O-])cc3C)o2)c1. The van der Waals surface area contributed by atoms with Crippen molar-refractivity contribution < 1.29 is 28.3 Å². The monoisotopic (exact) mass is 460 g/mol. The number of nitro benzene ring substituents is 1.